The van der Waals surface area contributed by atoms with Crippen LogP contribution < -0.4 is 5.32 Å². The summed E-state index contributed by atoms with van der Waals surface area (Å²) in [6.45, 7) is 3.18. The van der Waals surface area contributed by atoms with Gasteiger partial charge in [0.05, 0.1) is 12.6 Å². The molecule has 0 aliphatic heterocycles. The Hall–Kier alpha value is -3.70. The molecule has 1 aliphatic carbocycles. The summed E-state index contributed by atoms with van der Waals surface area (Å²) in [6, 6.07) is 32.3. The van der Waals surface area contributed by atoms with Gasteiger partial charge in [-0.05, 0) is 66.0 Å². The van der Waals surface area contributed by atoms with E-state index in [-0.39, 0.29) is 29.7 Å². The summed E-state index contributed by atoms with van der Waals surface area (Å²) in [5.41, 5.74) is 4.05. The molecule has 0 unspecified atom stereocenters. The molecule has 2 amide bonds. The Labute approximate surface area is 235 Å². The van der Waals surface area contributed by atoms with Crippen molar-refractivity contribution in [1.29, 1.82) is 0 Å². The van der Waals surface area contributed by atoms with Gasteiger partial charge in [-0.3, -0.25) is 9.59 Å². The van der Waals surface area contributed by atoms with E-state index in [9.17, 15) is 9.59 Å². The minimum atomic E-state index is -0.0557. The van der Waals surface area contributed by atoms with Crippen molar-refractivity contribution in [3.63, 3.8) is 0 Å². The van der Waals surface area contributed by atoms with Crippen LogP contribution in [0, 0.1) is 5.92 Å². The lowest BCUT2D eigenvalue weighted by Gasteiger charge is -2.32. The van der Waals surface area contributed by atoms with Crippen LogP contribution in [0.25, 0.3) is 0 Å². The fourth-order valence-corrected chi connectivity index (χ4v) is 6.36. The maximum atomic E-state index is 13.7. The van der Waals surface area contributed by atoms with Crippen LogP contribution in [-0.4, -0.2) is 16.7 Å². The summed E-state index contributed by atoms with van der Waals surface area (Å²) in [6.07, 6.45) is 4.07. The molecule has 5 rings (SSSR count). The molecular formula is C34H36N2O2S. The molecule has 39 heavy (non-hydrogen) atoms. The molecule has 200 valence electrons. The van der Waals surface area contributed by atoms with Gasteiger partial charge in [0.1, 0.15) is 0 Å². The van der Waals surface area contributed by atoms with Gasteiger partial charge in [0.2, 0.25) is 5.91 Å². The molecule has 0 spiro atoms. The standard InChI is InChI=1S/C34H36N2O2S/c1-25(27-13-6-3-7-14-27)35-33(37)32-17-9-8-16-31(32)28-18-20-29(21-19-28)34(38)36(24-30-15-10-22-39-30)23-26-11-4-2-5-12-26/h2-7,10-15,18-22,25,31-32H,8-9,16-17,23-24H2,1H3,(H,35,37)/t25-,31+,32-/m0/s1. The Morgan fingerprint density at radius 2 is 1.54 bits per heavy atom. The highest BCUT2D eigenvalue weighted by atomic mass is 32.1. The Morgan fingerprint density at radius 3 is 2.23 bits per heavy atom. The van der Waals surface area contributed by atoms with Gasteiger partial charge < -0.3 is 10.2 Å². The molecule has 1 N–H and O–H groups in total. The Morgan fingerprint density at radius 1 is 0.846 bits per heavy atom. The van der Waals surface area contributed by atoms with Crippen LogP contribution in [0.1, 0.15) is 76.5 Å². The lowest BCUT2D eigenvalue weighted by molar-refractivity contribution is -0.127. The Bertz CT molecular complexity index is 1340. The van der Waals surface area contributed by atoms with Crippen LogP contribution in [0.3, 0.4) is 0 Å². The van der Waals surface area contributed by atoms with E-state index >= 15 is 0 Å². The number of benzene rings is 3. The van der Waals surface area contributed by atoms with Gasteiger partial charge >= 0.3 is 0 Å². The summed E-state index contributed by atoms with van der Waals surface area (Å²) in [7, 11) is 0. The smallest absolute Gasteiger partial charge is 0.254 e. The number of hydrogen-bond acceptors (Lipinski definition) is 3. The minimum Gasteiger partial charge on any atom is -0.349 e. The number of carbonyl (C=O) groups excluding carboxylic acids is 2. The SMILES string of the molecule is C[C@H](NC(=O)[C@H]1CCCC[C@@H]1c1ccc(C(=O)N(Cc2ccccc2)Cc2cccs2)cc1)c1ccccc1. The molecule has 0 saturated heterocycles. The largest absolute Gasteiger partial charge is 0.349 e. The molecule has 1 aromatic heterocycles. The van der Waals surface area contributed by atoms with E-state index < -0.39 is 0 Å². The van der Waals surface area contributed by atoms with Crippen molar-refractivity contribution in [3.05, 3.63) is 130 Å². The first-order chi connectivity index (χ1) is 19.1. The van der Waals surface area contributed by atoms with Crippen molar-refractivity contribution in [1.82, 2.24) is 10.2 Å². The molecular weight excluding hydrogens is 500 g/mol. The third-order valence-corrected chi connectivity index (χ3v) is 8.64. The van der Waals surface area contributed by atoms with Crippen molar-refractivity contribution >= 4 is 23.2 Å². The van der Waals surface area contributed by atoms with Crippen LogP contribution in [-0.2, 0) is 17.9 Å². The average molecular weight is 537 g/mol. The van der Waals surface area contributed by atoms with Gasteiger partial charge in [-0.15, -0.1) is 11.3 Å². The van der Waals surface area contributed by atoms with Crippen LogP contribution in [0.2, 0.25) is 0 Å². The molecule has 0 bridgehead atoms. The molecule has 1 aliphatic rings. The second-order valence-electron chi connectivity index (χ2n) is 10.5. The molecule has 3 aromatic carbocycles. The van der Waals surface area contributed by atoms with Gasteiger partial charge in [-0.25, -0.2) is 0 Å². The summed E-state index contributed by atoms with van der Waals surface area (Å²) < 4.78 is 0. The number of nitrogens with zero attached hydrogens (tertiary/aromatic N) is 1. The maximum Gasteiger partial charge on any atom is 0.254 e. The molecule has 4 nitrogen and oxygen atoms in total. The van der Waals surface area contributed by atoms with Gasteiger partial charge in [-0.1, -0.05) is 91.7 Å². The minimum absolute atomic E-state index is 0.0217. The molecule has 3 atom stereocenters. The first-order valence-electron chi connectivity index (χ1n) is 13.9. The van der Waals surface area contributed by atoms with Crippen molar-refractivity contribution in [2.45, 2.75) is 57.7 Å². The normalized spacial score (nSPS) is 17.8. The number of carbonyl (C=O) groups is 2. The predicted octanol–water partition coefficient (Wildman–Crippen LogP) is 7.74. The number of rotatable bonds is 9. The zero-order valence-corrected chi connectivity index (χ0v) is 23.3. The van der Waals surface area contributed by atoms with Gasteiger partial charge in [-0.2, -0.15) is 0 Å². The second-order valence-corrected chi connectivity index (χ2v) is 11.5. The van der Waals surface area contributed by atoms with E-state index in [0.29, 0.717) is 18.7 Å². The number of nitrogens with one attached hydrogen (secondary N) is 1. The molecule has 1 saturated carbocycles. The van der Waals surface area contributed by atoms with Crippen LogP contribution in [0.4, 0.5) is 0 Å². The lowest BCUT2D eigenvalue weighted by atomic mass is 9.74. The quantitative estimate of drug-likeness (QED) is 0.238. The molecule has 4 aromatic rings. The summed E-state index contributed by atoms with van der Waals surface area (Å²) in [5.74, 6) is 0.256. The van der Waals surface area contributed by atoms with E-state index in [2.05, 4.69) is 47.8 Å². The lowest BCUT2D eigenvalue weighted by Crippen LogP contribution is -2.37. The fraction of sp³-hybridized carbons (Fsp3) is 0.294. The van der Waals surface area contributed by atoms with Crippen LogP contribution in [0.5, 0.6) is 0 Å². The maximum absolute atomic E-state index is 13.7. The summed E-state index contributed by atoms with van der Waals surface area (Å²) in [5, 5.41) is 5.30. The van der Waals surface area contributed by atoms with Gasteiger partial charge in [0.15, 0.2) is 0 Å². The highest BCUT2D eigenvalue weighted by Crippen LogP contribution is 2.38. The summed E-state index contributed by atoms with van der Waals surface area (Å²) in [4.78, 5) is 30.1. The monoisotopic (exact) mass is 536 g/mol. The van der Waals surface area contributed by atoms with Gasteiger partial charge in [0, 0.05) is 22.9 Å². The van der Waals surface area contributed by atoms with Gasteiger partial charge in [0.25, 0.3) is 5.91 Å². The van der Waals surface area contributed by atoms with Crippen LogP contribution >= 0.6 is 11.3 Å². The topological polar surface area (TPSA) is 49.4 Å². The predicted molar refractivity (Wildman–Crippen MR) is 158 cm³/mol. The Kier molecular flexibility index (Phi) is 8.89. The molecule has 0 radical (unpaired) electrons. The van der Waals surface area contributed by atoms with Crippen LogP contribution in [0.15, 0.2) is 102 Å². The van der Waals surface area contributed by atoms with E-state index in [0.717, 1.165) is 47.3 Å². The van der Waals surface area contributed by atoms with Crippen molar-refractivity contribution in [3.8, 4) is 0 Å². The van der Waals surface area contributed by atoms with E-state index in [1.165, 1.54) is 0 Å². The number of hydrogen-bond donors (Lipinski definition) is 1. The zero-order chi connectivity index (χ0) is 27.0. The first kappa shape index (κ1) is 26.9. The van der Waals surface area contributed by atoms with Crippen molar-refractivity contribution in [2.75, 3.05) is 0 Å². The summed E-state index contributed by atoms with van der Waals surface area (Å²) >= 11 is 1.67. The van der Waals surface area contributed by atoms with E-state index in [1.54, 1.807) is 11.3 Å². The van der Waals surface area contributed by atoms with E-state index in [1.807, 2.05) is 71.8 Å². The highest BCUT2D eigenvalue weighted by Gasteiger charge is 2.33. The highest BCUT2D eigenvalue weighted by molar-refractivity contribution is 7.09. The van der Waals surface area contributed by atoms with Crippen molar-refractivity contribution in [2.24, 2.45) is 5.92 Å². The third-order valence-electron chi connectivity index (χ3n) is 7.78. The fourth-order valence-electron chi connectivity index (χ4n) is 5.64. The number of thiophene rings is 1. The number of amides is 2. The molecule has 1 fully saturated rings. The first-order valence-corrected chi connectivity index (χ1v) is 14.8. The average Bonchev–Trinajstić information content (AvgIpc) is 3.51. The second kappa shape index (κ2) is 12.9. The zero-order valence-electron chi connectivity index (χ0n) is 22.5. The molecule has 1 heterocycles. The Balaban J connectivity index is 1.30. The van der Waals surface area contributed by atoms with E-state index in [4.69, 9.17) is 0 Å². The van der Waals surface area contributed by atoms with Crippen molar-refractivity contribution < 1.29 is 9.59 Å². The third kappa shape index (κ3) is 6.85. The molecule has 5 heteroatoms.